The molecule has 0 spiro atoms. The van der Waals surface area contributed by atoms with Crippen molar-refractivity contribution in [2.45, 2.75) is 18.5 Å². The molecule has 1 aromatic rings. The van der Waals surface area contributed by atoms with E-state index in [1.165, 1.54) is 6.07 Å². The third-order valence-electron chi connectivity index (χ3n) is 2.80. The van der Waals surface area contributed by atoms with Crippen molar-refractivity contribution in [1.29, 1.82) is 0 Å². The quantitative estimate of drug-likeness (QED) is 0.830. The summed E-state index contributed by atoms with van der Waals surface area (Å²) in [7, 11) is 0. The molecule has 2 rings (SSSR count). The number of amides is 1. The molecule has 1 aliphatic carbocycles. The van der Waals surface area contributed by atoms with Gasteiger partial charge in [0.2, 0.25) is 5.91 Å². The fraction of sp³-hybridized carbons (Fsp3) is 0.364. The van der Waals surface area contributed by atoms with E-state index in [1.807, 2.05) is 0 Å². The van der Waals surface area contributed by atoms with E-state index in [9.17, 15) is 18.0 Å². The molecule has 1 saturated carbocycles. The van der Waals surface area contributed by atoms with Gasteiger partial charge in [-0.1, -0.05) is 18.2 Å². The summed E-state index contributed by atoms with van der Waals surface area (Å²) < 4.78 is 37.2. The molecule has 0 bridgehead atoms. The van der Waals surface area contributed by atoms with Crippen molar-refractivity contribution in [3.8, 4) is 0 Å². The maximum Gasteiger partial charge on any atom is 0.416 e. The molecule has 0 radical (unpaired) electrons. The summed E-state index contributed by atoms with van der Waals surface area (Å²) in [6.07, 6.45) is -3.79. The lowest BCUT2D eigenvalue weighted by Gasteiger charge is -2.08. The van der Waals surface area contributed by atoms with Crippen molar-refractivity contribution in [2.75, 3.05) is 0 Å². The van der Waals surface area contributed by atoms with Crippen LogP contribution in [0.25, 0.3) is 0 Å². The van der Waals surface area contributed by atoms with Crippen molar-refractivity contribution >= 4 is 5.91 Å². The van der Waals surface area contributed by atoms with Crippen LogP contribution in [0.15, 0.2) is 24.3 Å². The van der Waals surface area contributed by atoms with Crippen LogP contribution >= 0.6 is 0 Å². The van der Waals surface area contributed by atoms with Crippen LogP contribution in [-0.4, -0.2) is 5.91 Å². The van der Waals surface area contributed by atoms with Gasteiger partial charge in [-0.2, -0.15) is 13.2 Å². The van der Waals surface area contributed by atoms with Crippen LogP contribution in [0.4, 0.5) is 13.2 Å². The van der Waals surface area contributed by atoms with Gasteiger partial charge in [0.15, 0.2) is 0 Å². The SMILES string of the molecule is NC(=O)C1CC1c1cccc(C(F)(F)F)c1. The van der Waals surface area contributed by atoms with Crippen molar-refractivity contribution in [2.24, 2.45) is 11.7 Å². The maximum atomic E-state index is 12.4. The van der Waals surface area contributed by atoms with Crippen molar-refractivity contribution in [3.63, 3.8) is 0 Å². The Morgan fingerprint density at radius 1 is 1.38 bits per heavy atom. The summed E-state index contributed by atoms with van der Waals surface area (Å²) in [6, 6.07) is 5.07. The van der Waals surface area contributed by atoms with Crippen LogP contribution in [-0.2, 0) is 11.0 Å². The Morgan fingerprint density at radius 2 is 2.06 bits per heavy atom. The Hall–Kier alpha value is -1.52. The standard InChI is InChI=1S/C11H10F3NO/c12-11(13,14)7-3-1-2-6(4-7)8-5-9(8)10(15)16/h1-4,8-9H,5H2,(H2,15,16). The van der Waals surface area contributed by atoms with Gasteiger partial charge in [-0.15, -0.1) is 0 Å². The second kappa shape index (κ2) is 3.50. The highest BCUT2D eigenvalue weighted by Crippen LogP contribution is 2.47. The Balaban J connectivity index is 2.22. The van der Waals surface area contributed by atoms with Gasteiger partial charge < -0.3 is 5.73 Å². The van der Waals surface area contributed by atoms with E-state index in [-0.39, 0.29) is 11.8 Å². The molecule has 0 aromatic heterocycles. The molecule has 0 heterocycles. The number of hydrogen-bond donors (Lipinski definition) is 1. The number of alkyl halides is 3. The summed E-state index contributed by atoms with van der Waals surface area (Å²) >= 11 is 0. The fourth-order valence-electron chi connectivity index (χ4n) is 1.82. The Bertz CT molecular complexity index is 427. The highest BCUT2D eigenvalue weighted by Gasteiger charge is 2.43. The predicted molar refractivity (Wildman–Crippen MR) is 51.5 cm³/mol. The molecule has 0 aliphatic heterocycles. The average Bonchev–Trinajstić information content (AvgIpc) is 2.96. The van der Waals surface area contributed by atoms with Crippen LogP contribution in [0.3, 0.4) is 0 Å². The van der Waals surface area contributed by atoms with E-state index in [4.69, 9.17) is 5.73 Å². The van der Waals surface area contributed by atoms with E-state index in [0.29, 0.717) is 12.0 Å². The number of carbonyl (C=O) groups is 1. The highest BCUT2D eigenvalue weighted by atomic mass is 19.4. The zero-order valence-electron chi connectivity index (χ0n) is 8.29. The number of benzene rings is 1. The molecule has 2 nitrogen and oxygen atoms in total. The predicted octanol–water partition coefficient (Wildman–Crippen LogP) is 2.29. The van der Waals surface area contributed by atoms with Crippen LogP contribution in [0, 0.1) is 5.92 Å². The van der Waals surface area contributed by atoms with E-state index in [0.717, 1.165) is 12.1 Å². The Morgan fingerprint density at radius 3 is 2.56 bits per heavy atom. The smallest absolute Gasteiger partial charge is 0.369 e. The lowest BCUT2D eigenvalue weighted by atomic mass is 10.1. The first-order valence-corrected chi connectivity index (χ1v) is 4.86. The number of halogens is 3. The minimum Gasteiger partial charge on any atom is -0.369 e. The minimum absolute atomic E-state index is 0.139. The number of nitrogens with two attached hydrogens (primary N) is 1. The summed E-state index contributed by atoms with van der Waals surface area (Å²) in [4.78, 5) is 10.8. The van der Waals surface area contributed by atoms with Crippen LogP contribution in [0.5, 0.6) is 0 Å². The highest BCUT2D eigenvalue weighted by molar-refractivity contribution is 5.81. The number of primary amides is 1. The van der Waals surface area contributed by atoms with Gasteiger partial charge in [-0.3, -0.25) is 4.79 Å². The normalized spacial score (nSPS) is 24.2. The largest absolute Gasteiger partial charge is 0.416 e. The molecular formula is C11H10F3NO. The molecule has 86 valence electrons. The molecule has 1 aromatic carbocycles. The number of hydrogen-bond acceptors (Lipinski definition) is 1. The Labute approximate surface area is 90.2 Å². The first kappa shape index (κ1) is 11.0. The fourth-order valence-corrected chi connectivity index (χ4v) is 1.82. The first-order chi connectivity index (χ1) is 7.39. The van der Waals surface area contributed by atoms with Gasteiger partial charge in [0.25, 0.3) is 0 Å². The van der Waals surface area contributed by atoms with E-state index < -0.39 is 17.6 Å². The molecule has 2 N–H and O–H groups in total. The zero-order chi connectivity index (χ0) is 11.9. The first-order valence-electron chi connectivity index (χ1n) is 4.86. The van der Waals surface area contributed by atoms with Crippen LogP contribution in [0.1, 0.15) is 23.5 Å². The molecule has 16 heavy (non-hydrogen) atoms. The molecule has 1 amide bonds. The second-order valence-corrected chi connectivity index (χ2v) is 3.97. The van der Waals surface area contributed by atoms with Crippen molar-refractivity contribution < 1.29 is 18.0 Å². The van der Waals surface area contributed by atoms with Gasteiger partial charge in [-0.05, 0) is 24.0 Å². The van der Waals surface area contributed by atoms with Crippen molar-refractivity contribution in [1.82, 2.24) is 0 Å². The van der Waals surface area contributed by atoms with E-state index in [2.05, 4.69) is 0 Å². The van der Waals surface area contributed by atoms with Gasteiger partial charge in [0.05, 0.1) is 5.56 Å². The monoisotopic (exact) mass is 229 g/mol. The molecule has 0 saturated heterocycles. The summed E-state index contributed by atoms with van der Waals surface area (Å²) in [6.45, 7) is 0. The topological polar surface area (TPSA) is 43.1 Å². The average molecular weight is 229 g/mol. The van der Waals surface area contributed by atoms with Crippen LogP contribution < -0.4 is 5.73 Å². The third kappa shape index (κ3) is 2.03. The lowest BCUT2D eigenvalue weighted by Crippen LogP contribution is -2.13. The van der Waals surface area contributed by atoms with Gasteiger partial charge >= 0.3 is 6.18 Å². The van der Waals surface area contributed by atoms with Crippen molar-refractivity contribution in [3.05, 3.63) is 35.4 Å². The molecule has 2 atom stereocenters. The van der Waals surface area contributed by atoms with Gasteiger partial charge in [-0.25, -0.2) is 0 Å². The zero-order valence-corrected chi connectivity index (χ0v) is 8.29. The van der Waals surface area contributed by atoms with Gasteiger partial charge in [0, 0.05) is 5.92 Å². The number of rotatable bonds is 2. The maximum absolute atomic E-state index is 12.4. The third-order valence-corrected chi connectivity index (χ3v) is 2.80. The Kier molecular flexibility index (Phi) is 2.40. The lowest BCUT2D eigenvalue weighted by molar-refractivity contribution is -0.137. The van der Waals surface area contributed by atoms with Gasteiger partial charge in [0.1, 0.15) is 0 Å². The van der Waals surface area contributed by atoms with E-state index in [1.54, 1.807) is 6.07 Å². The summed E-state index contributed by atoms with van der Waals surface area (Å²) in [5.74, 6) is -0.884. The number of carbonyl (C=O) groups excluding carboxylic acids is 1. The molecule has 5 heteroatoms. The van der Waals surface area contributed by atoms with Crippen LogP contribution in [0.2, 0.25) is 0 Å². The molecule has 1 fully saturated rings. The molecule has 1 aliphatic rings. The summed E-state index contributed by atoms with van der Waals surface area (Å²) in [5, 5.41) is 0. The molecule has 2 unspecified atom stereocenters. The van der Waals surface area contributed by atoms with E-state index >= 15 is 0 Å². The minimum atomic E-state index is -4.34. The second-order valence-electron chi connectivity index (χ2n) is 3.97. The summed E-state index contributed by atoms with van der Waals surface area (Å²) in [5.41, 5.74) is 4.95. The molecular weight excluding hydrogens is 219 g/mol.